The Morgan fingerprint density at radius 1 is 1.00 bits per heavy atom. The topological polar surface area (TPSA) is 63.2 Å². The predicted molar refractivity (Wildman–Crippen MR) is 140 cm³/mol. The zero-order valence-corrected chi connectivity index (χ0v) is 22.0. The van der Waals surface area contributed by atoms with Gasteiger partial charge in [-0.2, -0.15) is 13.2 Å². The standard InChI is InChI=1S/C27H26F4IN3O2/c28-22-13-20(12-21(14-22)27(29,30)31)26(15-18-4-2-1-3-5-18,24-7-6-19(16-32)17-33-24)35-25(36)34-23-8-10-37-11-9-23/h1-7,12-14,17,23H,8-11,15-16H2,(H2,34,35,36)/t26-/m1/s1. The van der Waals surface area contributed by atoms with E-state index in [1.807, 2.05) is 6.07 Å². The SMILES string of the molecule is O=C(NC1CCOCC1)N[C@](Cc1ccccc1)(c1cc(F)cc(C(F)(F)F)c1)c1ccc(CI)cn1. The monoisotopic (exact) mass is 627 g/mol. The number of hydrogen-bond acceptors (Lipinski definition) is 3. The molecule has 1 aromatic heterocycles. The van der Waals surface area contributed by atoms with Gasteiger partial charge in [-0.15, -0.1) is 0 Å². The lowest BCUT2D eigenvalue weighted by molar-refractivity contribution is -0.137. The number of ether oxygens (including phenoxy) is 1. The zero-order valence-electron chi connectivity index (χ0n) is 19.8. The number of nitrogens with one attached hydrogen (secondary N) is 2. The lowest BCUT2D eigenvalue weighted by atomic mass is 9.79. The number of rotatable bonds is 7. The Morgan fingerprint density at radius 2 is 1.70 bits per heavy atom. The van der Waals surface area contributed by atoms with Crippen LogP contribution in [0.5, 0.6) is 0 Å². The van der Waals surface area contributed by atoms with E-state index in [1.54, 1.807) is 42.6 Å². The quantitative estimate of drug-likeness (QED) is 0.188. The number of alkyl halides is 4. The van der Waals surface area contributed by atoms with Gasteiger partial charge in [0.25, 0.3) is 0 Å². The summed E-state index contributed by atoms with van der Waals surface area (Å²) in [7, 11) is 0. The van der Waals surface area contributed by atoms with E-state index in [-0.39, 0.29) is 18.0 Å². The van der Waals surface area contributed by atoms with Crippen molar-refractivity contribution in [3.8, 4) is 0 Å². The van der Waals surface area contributed by atoms with Crippen LogP contribution in [-0.4, -0.2) is 30.3 Å². The van der Waals surface area contributed by atoms with E-state index in [9.17, 15) is 22.4 Å². The number of carbonyl (C=O) groups excluding carboxylic acids is 1. The Morgan fingerprint density at radius 3 is 2.32 bits per heavy atom. The van der Waals surface area contributed by atoms with E-state index in [4.69, 9.17) is 4.74 Å². The van der Waals surface area contributed by atoms with Crippen molar-refractivity contribution in [2.24, 2.45) is 0 Å². The summed E-state index contributed by atoms with van der Waals surface area (Å²) in [6, 6.07) is 14.1. The van der Waals surface area contributed by atoms with E-state index < -0.39 is 29.1 Å². The highest BCUT2D eigenvalue weighted by Crippen LogP contribution is 2.37. The van der Waals surface area contributed by atoms with Crippen LogP contribution in [0.4, 0.5) is 22.4 Å². The van der Waals surface area contributed by atoms with Crippen molar-refractivity contribution in [3.05, 3.63) is 101 Å². The van der Waals surface area contributed by atoms with Crippen molar-refractivity contribution < 1.29 is 27.1 Å². The molecule has 2 aromatic carbocycles. The minimum absolute atomic E-state index is 0.0480. The van der Waals surface area contributed by atoms with E-state index >= 15 is 0 Å². The van der Waals surface area contributed by atoms with Crippen LogP contribution in [0.15, 0.2) is 66.9 Å². The maximum absolute atomic E-state index is 14.7. The largest absolute Gasteiger partial charge is 0.416 e. The number of pyridine rings is 1. The van der Waals surface area contributed by atoms with E-state index in [1.165, 1.54) is 0 Å². The molecule has 2 N–H and O–H groups in total. The number of hydrogen-bond donors (Lipinski definition) is 2. The molecule has 1 saturated heterocycles. The Labute approximate surface area is 226 Å². The van der Waals surface area contributed by atoms with Crippen molar-refractivity contribution in [1.29, 1.82) is 0 Å². The van der Waals surface area contributed by atoms with E-state index in [2.05, 4.69) is 38.2 Å². The first-order valence-corrected chi connectivity index (χ1v) is 13.3. The second-order valence-corrected chi connectivity index (χ2v) is 9.73. The average Bonchev–Trinajstić information content (AvgIpc) is 2.88. The summed E-state index contributed by atoms with van der Waals surface area (Å²) in [4.78, 5) is 17.9. The van der Waals surface area contributed by atoms with Gasteiger partial charge in [0.1, 0.15) is 11.4 Å². The Balaban J connectivity index is 1.87. The zero-order chi connectivity index (χ0) is 26.5. The molecular formula is C27H26F4IN3O2. The van der Waals surface area contributed by atoms with Gasteiger partial charge >= 0.3 is 12.2 Å². The molecule has 2 heterocycles. The number of aromatic nitrogens is 1. The van der Waals surface area contributed by atoms with Crippen LogP contribution in [-0.2, 0) is 27.3 Å². The minimum atomic E-state index is -4.78. The lowest BCUT2D eigenvalue weighted by Crippen LogP contribution is -2.55. The van der Waals surface area contributed by atoms with Crippen molar-refractivity contribution in [3.63, 3.8) is 0 Å². The average molecular weight is 627 g/mol. The van der Waals surface area contributed by atoms with Gasteiger partial charge in [-0.1, -0.05) is 59.0 Å². The summed E-state index contributed by atoms with van der Waals surface area (Å²) in [5.41, 5.74) is -0.865. The van der Waals surface area contributed by atoms with E-state index in [0.717, 1.165) is 23.3 Å². The van der Waals surface area contributed by atoms with Crippen molar-refractivity contribution in [2.75, 3.05) is 13.2 Å². The van der Waals surface area contributed by atoms with Gasteiger partial charge in [0.15, 0.2) is 0 Å². The molecule has 1 fully saturated rings. The first-order chi connectivity index (χ1) is 17.7. The molecule has 4 rings (SSSR count). The molecule has 0 aliphatic carbocycles. The summed E-state index contributed by atoms with van der Waals surface area (Å²) < 4.78 is 62.0. The molecule has 196 valence electrons. The number of nitrogens with zero attached hydrogens (tertiary/aromatic N) is 1. The molecule has 0 spiro atoms. The van der Waals surface area contributed by atoms with Crippen molar-refractivity contribution >= 4 is 28.6 Å². The van der Waals surface area contributed by atoms with Gasteiger partial charge in [-0.3, -0.25) is 4.98 Å². The fraction of sp³-hybridized carbons (Fsp3) is 0.333. The van der Waals surface area contributed by atoms with Crippen LogP contribution < -0.4 is 10.6 Å². The molecule has 3 aromatic rings. The summed E-state index contributed by atoms with van der Waals surface area (Å²) in [6.07, 6.45) is -1.89. The van der Waals surface area contributed by atoms with Crippen LogP contribution in [0.1, 0.15) is 40.8 Å². The highest BCUT2D eigenvalue weighted by molar-refractivity contribution is 14.1. The molecule has 0 saturated carbocycles. The Bertz CT molecular complexity index is 1200. The fourth-order valence-electron chi connectivity index (χ4n) is 4.44. The van der Waals surface area contributed by atoms with Crippen LogP contribution in [0.2, 0.25) is 0 Å². The molecule has 10 heteroatoms. The summed E-state index contributed by atoms with van der Waals surface area (Å²) >= 11 is 2.18. The summed E-state index contributed by atoms with van der Waals surface area (Å²) in [5, 5.41) is 5.82. The van der Waals surface area contributed by atoms with Crippen molar-refractivity contribution in [2.45, 2.75) is 41.4 Å². The smallest absolute Gasteiger partial charge is 0.381 e. The number of halogens is 5. The molecule has 1 aliphatic heterocycles. The van der Waals surface area contributed by atoms with Crippen LogP contribution in [0.25, 0.3) is 0 Å². The molecule has 0 unspecified atom stereocenters. The normalized spacial score (nSPS) is 16.1. The summed E-state index contributed by atoms with van der Waals surface area (Å²) in [6.45, 7) is 0.997. The second-order valence-electron chi connectivity index (χ2n) is 8.96. The number of carbonyl (C=O) groups is 1. The van der Waals surface area contributed by atoms with Crippen molar-refractivity contribution in [1.82, 2.24) is 15.6 Å². The van der Waals surface area contributed by atoms with Gasteiger partial charge < -0.3 is 15.4 Å². The maximum Gasteiger partial charge on any atom is 0.416 e. The molecule has 0 bridgehead atoms. The highest BCUT2D eigenvalue weighted by atomic mass is 127. The number of amides is 2. The van der Waals surface area contributed by atoms with Gasteiger partial charge in [-0.05, 0) is 53.8 Å². The van der Waals surface area contributed by atoms with Gasteiger partial charge in [0.2, 0.25) is 0 Å². The van der Waals surface area contributed by atoms with Crippen LogP contribution in [0, 0.1) is 5.82 Å². The second kappa shape index (κ2) is 11.8. The third-order valence-corrected chi connectivity index (χ3v) is 7.21. The number of benzene rings is 2. The Kier molecular flexibility index (Phi) is 8.68. The highest BCUT2D eigenvalue weighted by Gasteiger charge is 2.41. The van der Waals surface area contributed by atoms with Gasteiger partial charge in [0, 0.05) is 36.3 Å². The number of urea groups is 1. The minimum Gasteiger partial charge on any atom is -0.381 e. The van der Waals surface area contributed by atoms with Crippen LogP contribution >= 0.6 is 22.6 Å². The molecule has 37 heavy (non-hydrogen) atoms. The third-order valence-electron chi connectivity index (χ3n) is 6.33. The van der Waals surface area contributed by atoms with Gasteiger partial charge in [-0.25, -0.2) is 9.18 Å². The lowest BCUT2D eigenvalue weighted by Gasteiger charge is -2.36. The van der Waals surface area contributed by atoms with E-state index in [0.29, 0.717) is 42.2 Å². The molecule has 2 amide bonds. The first kappa shape index (κ1) is 27.3. The molecule has 0 radical (unpaired) electrons. The molecule has 1 atom stereocenters. The summed E-state index contributed by atoms with van der Waals surface area (Å²) in [5.74, 6) is -1.06. The predicted octanol–water partition coefficient (Wildman–Crippen LogP) is 6.14. The van der Waals surface area contributed by atoms with Gasteiger partial charge in [0.05, 0.1) is 11.3 Å². The Hall–Kier alpha value is -2.73. The maximum atomic E-state index is 14.7. The fourth-order valence-corrected chi connectivity index (χ4v) is 4.89. The molecular weight excluding hydrogens is 601 g/mol. The third kappa shape index (κ3) is 6.78. The van der Waals surface area contributed by atoms with Crippen LogP contribution in [0.3, 0.4) is 0 Å². The molecule has 1 aliphatic rings. The first-order valence-electron chi connectivity index (χ1n) is 11.8. The molecule has 5 nitrogen and oxygen atoms in total.